The van der Waals surface area contributed by atoms with E-state index in [0.717, 1.165) is 33.6 Å². The molecule has 2 aliphatic carbocycles. The van der Waals surface area contributed by atoms with Gasteiger partial charge in [-0.2, -0.15) is 0 Å². The SMILES string of the molecule is COC(=O)c1ccc(-c2nc(NCc3ccc(OC)c(OC)c3)c3c4c(sc3n2)C2CCC=C42)cc1. The predicted octanol–water partition coefficient (Wildman–Crippen LogP) is 6.05. The predicted molar refractivity (Wildman–Crippen MR) is 141 cm³/mol. The van der Waals surface area contributed by atoms with Gasteiger partial charge in [0.15, 0.2) is 17.3 Å². The summed E-state index contributed by atoms with van der Waals surface area (Å²) in [5.41, 5.74) is 5.13. The second-order valence-electron chi connectivity index (χ2n) is 8.82. The van der Waals surface area contributed by atoms with Crippen molar-refractivity contribution in [3.63, 3.8) is 0 Å². The summed E-state index contributed by atoms with van der Waals surface area (Å²) in [6, 6.07) is 13.1. The molecule has 1 N–H and O–H groups in total. The van der Waals surface area contributed by atoms with Crippen LogP contribution in [-0.2, 0) is 11.3 Å². The molecule has 0 saturated heterocycles. The minimum atomic E-state index is -0.367. The number of hydrogen-bond donors (Lipinski definition) is 1. The van der Waals surface area contributed by atoms with Crippen LogP contribution in [0.1, 0.15) is 45.1 Å². The average molecular weight is 500 g/mol. The Labute approximate surface area is 212 Å². The molecule has 182 valence electrons. The minimum Gasteiger partial charge on any atom is -0.493 e. The molecule has 36 heavy (non-hydrogen) atoms. The Bertz CT molecular complexity index is 1520. The van der Waals surface area contributed by atoms with Gasteiger partial charge in [-0.25, -0.2) is 14.8 Å². The third kappa shape index (κ3) is 3.60. The van der Waals surface area contributed by atoms with E-state index in [2.05, 4.69) is 11.4 Å². The van der Waals surface area contributed by atoms with Gasteiger partial charge < -0.3 is 19.5 Å². The van der Waals surface area contributed by atoms with Gasteiger partial charge in [-0.3, -0.25) is 0 Å². The van der Waals surface area contributed by atoms with Gasteiger partial charge in [0.25, 0.3) is 0 Å². The third-order valence-corrected chi connectivity index (χ3v) is 8.05. The number of benzene rings is 2. The Hall–Kier alpha value is -3.91. The molecule has 0 radical (unpaired) electrons. The number of fused-ring (bicyclic) bond motifs is 6. The van der Waals surface area contributed by atoms with Gasteiger partial charge in [-0.15, -0.1) is 11.3 Å². The average Bonchev–Trinajstić information content (AvgIpc) is 3.48. The highest BCUT2D eigenvalue weighted by Gasteiger charge is 2.39. The van der Waals surface area contributed by atoms with Crippen molar-refractivity contribution in [2.24, 2.45) is 0 Å². The molecule has 0 bridgehead atoms. The van der Waals surface area contributed by atoms with Crippen molar-refractivity contribution in [3.05, 3.63) is 70.1 Å². The standard InChI is InChI=1S/C28H25N3O4S/c1-33-20-12-7-15(13-21(20)34-2)14-29-26-23-22-18-5-4-6-19(18)24(22)36-27(23)31-25(30-26)16-8-10-17(11-9-16)28(32)35-3/h5,7-13,19H,4,6,14H2,1-3H3,(H,29,30,31). The van der Waals surface area contributed by atoms with E-state index in [1.165, 1.54) is 29.5 Å². The van der Waals surface area contributed by atoms with Crippen LogP contribution in [0.4, 0.5) is 5.82 Å². The molecule has 2 aliphatic rings. The monoisotopic (exact) mass is 499 g/mol. The topological polar surface area (TPSA) is 82.6 Å². The van der Waals surface area contributed by atoms with Gasteiger partial charge in [0.1, 0.15) is 10.6 Å². The molecule has 2 heterocycles. The van der Waals surface area contributed by atoms with Gasteiger partial charge in [-0.1, -0.05) is 24.3 Å². The first kappa shape index (κ1) is 22.5. The number of nitrogens with one attached hydrogen (secondary N) is 1. The molecule has 0 saturated carbocycles. The van der Waals surface area contributed by atoms with E-state index in [0.29, 0.717) is 35.3 Å². The van der Waals surface area contributed by atoms with Crippen molar-refractivity contribution in [2.75, 3.05) is 26.6 Å². The highest BCUT2D eigenvalue weighted by molar-refractivity contribution is 7.19. The van der Waals surface area contributed by atoms with Gasteiger partial charge in [0.05, 0.1) is 32.3 Å². The molecule has 2 aromatic carbocycles. The molecule has 1 atom stereocenters. The summed E-state index contributed by atoms with van der Waals surface area (Å²) in [7, 11) is 4.64. The van der Waals surface area contributed by atoms with Crippen molar-refractivity contribution in [1.29, 1.82) is 0 Å². The largest absolute Gasteiger partial charge is 0.493 e. The Kier molecular flexibility index (Phi) is 5.60. The third-order valence-electron chi connectivity index (χ3n) is 6.85. The first-order chi connectivity index (χ1) is 17.6. The lowest BCUT2D eigenvalue weighted by molar-refractivity contribution is 0.0600. The molecule has 0 spiro atoms. The smallest absolute Gasteiger partial charge is 0.337 e. The lowest BCUT2D eigenvalue weighted by Crippen LogP contribution is -2.10. The number of esters is 1. The van der Waals surface area contributed by atoms with Gasteiger partial charge >= 0.3 is 5.97 Å². The maximum Gasteiger partial charge on any atom is 0.337 e. The number of nitrogens with zero attached hydrogens (tertiary/aromatic N) is 2. The highest BCUT2D eigenvalue weighted by atomic mass is 32.1. The van der Waals surface area contributed by atoms with Crippen LogP contribution in [0.25, 0.3) is 27.2 Å². The van der Waals surface area contributed by atoms with Crippen molar-refractivity contribution in [3.8, 4) is 22.9 Å². The molecule has 2 aromatic heterocycles. The molecule has 1 unspecified atom stereocenters. The first-order valence-corrected chi connectivity index (χ1v) is 12.6. The van der Waals surface area contributed by atoms with Crippen LogP contribution >= 0.6 is 11.3 Å². The molecule has 0 fully saturated rings. The number of carbonyl (C=O) groups excluding carboxylic acids is 1. The van der Waals surface area contributed by atoms with Crippen LogP contribution in [0.5, 0.6) is 11.5 Å². The molecule has 4 aromatic rings. The lowest BCUT2D eigenvalue weighted by Gasteiger charge is -2.26. The van der Waals surface area contributed by atoms with E-state index in [1.54, 1.807) is 37.7 Å². The number of ether oxygens (including phenoxy) is 3. The molecule has 8 heteroatoms. The quantitative estimate of drug-likeness (QED) is 0.310. The fraction of sp³-hybridized carbons (Fsp3) is 0.250. The fourth-order valence-electron chi connectivity index (χ4n) is 5.03. The van der Waals surface area contributed by atoms with Gasteiger partial charge in [-0.05, 0) is 48.2 Å². The van der Waals surface area contributed by atoms with E-state index in [4.69, 9.17) is 24.2 Å². The highest BCUT2D eigenvalue weighted by Crippen LogP contribution is 2.59. The molecule has 7 nitrogen and oxygen atoms in total. The zero-order chi connectivity index (χ0) is 24.8. The van der Waals surface area contributed by atoms with Crippen LogP contribution in [-0.4, -0.2) is 37.3 Å². The van der Waals surface area contributed by atoms with Crippen LogP contribution < -0.4 is 14.8 Å². The molecular formula is C28H25N3O4S. The maximum absolute atomic E-state index is 11.9. The zero-order valence-corrected chi connectivity index (χ0v) is 21.1. The number of hydrogen-bond acceptors (Lipinski definition) is 8. The Morgan fingerprint density at radius 1 is 1.06 bits per heavy atom. The summed E-state index contributed by atoms with van der Waals surface area (Å²) in [5.74, 6) is 2.99. The normalized spacial score (nSPS) is 15.5. The molecular weight excluding hydrogens is 474 g/mol. The lowest BCUT2D eigenvalue weighted by atomic mass is 9.80. The Morgan fingerprint density at radius 3 is 2.61 bits per heavy atom. The second kappa shape index (κ2) is 8.95. The number of methoxy groups -OCH3 is 3. The fourth-order valence-corrected chi connectivity index (χ4v) is 6.38. The number of carbonyl (C=O) groups is 1. The Morgan fingerprint density at radius 2 is 1.86 bits per heavy atom. The van der Waals surface area contributed by atoms with Crippen molar-refractivity contribution >= 4 is 38.9 Å². The van der Waals surface area contributed by atoms with Crippen LogP contribution in [0.15, 0.2) is 48.5 Å². The Balaban J connectivity index is 1.40. The summed E-state index contributed by atoms with van der Waals surface area (Å²) < 4.78 is 15.7. The number of rotatable bonds is 7. The van der Waals surface area contributed by atoms with E-state index in [9.17, 15) is 4.79 Å². The number of allylic oxidation sites excluding steroid dienone is 2. The number of aromatic nitrogens is 2. The van der Waals surface area contributed by atoms with Crippen molar-refractivity contribution in [2.45, 2.75) is 25.3 Å². The summed E-state index contributed by atoms with van der Waals surface area (Å²) in [6.07, 6.45) is 4.67. The summed E-state index contributed by atoms with van der Waals surface area (Å²) in [5, 5.41) is 4.66. The second-order valence-corrected chi connectivity index (χ2v) is 9.85. The zero-order valence-electron chi connectivity index (χ0n) is 20.3. The number of thiophene rings is 1. The van der Waals surface area contributed by atoms with Gasteiger partial charge in [0.2, 0.25) is 0 Å². The molecule has 0 aliphatic heterocycles. The van der Waals surface area contributed by atoms with Crippen molar-refractivity contribution in [1.82, 2.24) is 9.97 Å². The minimum absolute atomic E-state index is 0.367. The summed E-state index contributed by atoms with van der Waals surface area (Å²) in [4.78, 5) is 24.2. The first-order valence-electron chi connectivity index (χ1n) is 11.8. The van der Waals surface area contributed by atoms with Crippen LogP contribution in [0.2, 0.25) is 0 Å². The van der Waals surface area contributed by atoms with E-state index in [-0.39, 0.29) is 5.97 Å². The van der Waals surface area contributed by atoms with E-state index >= 15 is 0 Å². The molecule has 0 amide bonds. The molecule has 6 rings (SSSR count). The van der Waals surface area contributed by atoms with E-state index in [1.807, 2.05) is 30.3 Å². The van der Waals surface area contributed by atoms with Crippen molar-refractivity contribution < 1.29 is 19.0 Å². The van der Waals surface area contributed by atoms with Crippen LogP contribution in [0.3, 0.4) is 0 Å². The summed E-state index contributed by atoms with van der Waals surface area (Å²) >= 11 is 1.77. The van der Waals surface area contributed by atoms with Crippen LogP contribution in [0, 0.1) is 0 Å². The van der Waals surface area contributed by atoms with E-state index < -0.39 is 0 Å². The maximum atomic E-state index is 11.9. The number of anilines is 1. The summed E-state index contributed by atoms with van der Waals surface area (Å²) in [6.45, 7) is 0.570. The van der Waals surface area contributed by atoms with Gasteiger partial charge in [0, 0.05) is 28.5 Å².